The van der Waals surface area contributed by atoms with Gasteiger partial charge < -0.3 is 4.42 Å². The van der Waals surface area contributed by atoms with Crippen LogP contribution in [0.2, 0.25) is 0 Å². The summed E-state index contributed by atoms with van der Waals surface area (Å²) in [6.45, 7) is 1.75. The van der Waals surface area contributed by atoms with Crippen molar-refractivity contribution in [2.75, 3.05) is 0 Å². The SMILES string of the molecule is Cc1nc(/C=C/C=O)co1. The first-order valence-electron chi connectivity index (χ1n) is 2.87. The summed E-state index contributed by atoms with van der Waals surface area (Å²) in [6, 6.07) is 0. The summed E-state index contributed by atoms with van der Waals surface area (Å²) in [6.07, 6.45) is 5.15. The molecule has 1 aromatic rings. The number of aromatic nitrogens is 1. The maximum Gasteiger partial charge on any atom is 0.191 e. The van der Waals surface area contributed by atoms with Gasteiger partial charge in [-0.1, -0.05) is 0 Å². The van der Waals surface area contributed by atoms with Gasteiger partial charge in [0.15, 0.2) is 5.89 Å². The van der Waals surface area contributed by atoms with Crippen LogP contribution in [0.25, 0.3) is 6.08 Å². The zero-order valence-electron chi connectivity index (χ0n) is 5.57. The maximum atomic E-state index is 9.84. The highest BCUT2D eigenvalue weighted by atomic mass is 16.3. The van der Waals surface area contributed by atoms with E-state index in [-0.39, 0.29) is 0 Å². The smallest absolute Gasteiger partial charge is 0.191 e. The van der Waals surface area contributed by atoms with Crippen molar-refractivity contribution >= 4 is 12.4 Å². The number of oxazole rings is 1. The lowest BCUT2D eigenvalue weighted by Crippen LogP contribution is -1.71. The molecule has 0 radical (unpaired) electrons. The van der Waals surface area contributed by atoms with E-state index in [9.17, 15) is 4.79 Å². The summed E-state index contributed by atoms with van der Waals surface area (Å²) in [4.78, 5) is 13.8. The predicted octanol–water partition coefficient (Wildman–Crippen LogP) is 1.20. The van der Waals surface area contributed by atoms with Gasteiger partial charge in [0.2, 0.25) is 0 Å². The van der Waals surface area contributed by atoms with Crippen molar-refractivity contribution in [3.05, 3.63) is 23.9 Å². The van der Waals surface area contributed by atoms with Crippen molar-refractivity contribution < 1.29 is 9.21 Å². The maximum absolute atomic E-state index is 9.84. The first kappa shape index (κ1) is 6.74. The zero-order chi connectivity index (χ0) is 7.40. The highest BCUT2D eigenvalue weighted by Gasteiger charge is 1.91. The average Bonchev–Trinajstić information content (AvgIpc) is 2.31. The van der Waals surface area contributed by atoms with E-state index in [2.05, 4.69) is 4.98 Å². The van der Waals surface area contributed by atoms with E-state index < -0.39 is 0 Å². The van der Waals surface area contributed by atoms with Gasteiger partial charge >= 0.3 is 0 Å². The Morgan fingerprint density at radius 3 is 3.00 bits per heavy atom. The highest BCUT2D eigenvalue weighted by molar-refractivity contribution is 5.72. The molecule has 1 aromatic heterocycles. The number of hydrogen-bond acceptors (Lipinski definition) is 3. The van der Waals surface area contributed by atoms with E-state index in [4.69, 9.17) is 4.42 Å². The Labute approximate surface area is 58.4 Å². The summed E-state index contributed by atoms with van der Waals surface area (Å²) >= 11 is 0. The molecule has 0 N–H and O–H groups in total. The Bertz CT molecular complexity index is 250. The molecular weight excluding hydrogens is 130 g/mol. The molecular formula is C7H7NO2. The standard InChI is InChI=1S/C7H7NO2/c1-6-8-7(5-10-6)3-2-4-9/h2-5H,1H3/b3-2+. The summed E-state index contributed by atoms with van der Waals surface area (Å²) in [5.74, 6) is 0.602. The van der Waals surface area contributed by atoms with Crippen LogP contribution in [0.1, 0.15) is 11.6 Å². The Kier molecular flexibility index (Phi) is 1.99. The van der Waals surface area contributed by atoms with Gasteiger partial charge in [0.05, 0.1) is 0 Å². The Balaban J connectivity index is 2.75. The molecule has 0 atom stereocenters. The molecule has 0 aliphatic rings. The first-order chi connectivity index (χ1) is 4.83. The third-order valence-electron chi connectivity index (χ3n) is 0.982. The summed E-state index contributed by atoms with van der Waals surface area (Å²) < 4.78 is 4.88. The topological polar surface area (TPSA) is 43.1 Å². The number of nitrogens with zero attached hydrogens (tertiary/aromatic N) is 1. The minimum atomic E-state index is 0.602. The van der Waals surface area contributed by atoms with Gasteiger partial charge in [0, 0.05) is 6.92 Å². The number of carbonyl (C=O) groups is 1. The molecule has 0 aliphatic carbocycles. The molecule has 10 heavy (non-hydrogen) atoms. The second-order valence-electron chi connectivity index (χ2n) is 1.79. The van der Waals surface area contributed by atoms with E-state index in [1.54, 1.807) is 13.0 Å². The predicted molar refractivity (Wildman–Crippen MR) is 36.3 cm³/mol. The van der Waals surface area contributed by atoms with Gasteiger partial charge in [-0.3, -0.25) is 4.79 Å². The van der Waals surface area contributed by atoms with Crippen molar-refractivity contribution in [3.8, 4) is 0 Å². The number of aldehydes is 1. The molecule has 1 rings (SSSR count). The molecule has 0 aromatic carbocycles. The Morgan fingerprint density at radius 2 is 2.50 bits per heavy atom. The van der Waals surface area contributed by atoms with Crippen LogP contribution in [-0.2, 0) is 4.79 Å². The van der Waals surface area contributed by atoms with Crippen LogP contribution in [0.5, 0.6) is 0 Å². The van der Waals surface area contributed by atoms with Crippen LogP contribution in [-0.4, -0.2) is 11.3 Å². The van der Waals surface area contributed by atoms with Gasteiger partial charge in [-0.05, 0) is 12.2 Å². The largest absolute Gasteiger partial charge is 0.449 e. The fraction of sp³-hybridized carbons (Fsp3) is 0.143. The highest BCUT2D eigenvalue weighted by Crippen LogP contribution is 2.00. The number of allylic oxidation sites excluding steroid dienone is 1. The van der Waals surface area contributed by atoms with Crippen LogP contribution in [0, 0.1) is 6.92 Å². The van der Waals surface area contributed by atoms with E-state index in [1.165, 1.54) is 12.3 Å². The quantitative estimate of drug-likeness (QED) is 0.454. The Morgan fingerprint density at radius 1 is 1.70 bits per heavy atom. The van der Waals surface area contributed by atoms with Crippen LogP contribution in [0.15, 0.2) is 16.8 Å². The van der Waals surface area contributed by atoms with E-state index >= 15 is 0 Å². The van der Waals surface area contributed by atoms with Crippen molar-refractivity contribution in [1.29, 1.82) is 0 Å². The summed E-state index contributed by atoms with van der Waals surface area (Å²) in [5.41, 5.74) is 0.671. The van der Waals surface area contributed by atoms with Crippen molar-refractivity contribution in [2.45, 2.75) is 6.92 Å². The molecule has 0 saturated carbocycles. The number of rotatable bonds is 2. The van der Waals surface area contributed by atoms with Gasteiger partial charge in [0.1, 0.15) is 18.2 Å². The number of aryl methyl sites for hydroxylation is 1. The van der Waals surface area contributed by atoms with E-state index in [1.807, 2.05) is 0 Å². The van der Waals surface area contributed by atoms with E-state index in [0.717, 1.165) is 0 Å². The second kappa shape index (κ2) is 2.96. The molecule has 0 bridgehead atoms. The van der Waals surface area contributed by atoms with Crippen LogP contribution in [0.4, 0.5) is 0 Å². The molecule has 0 amide bonds. The molecule has 0 spiro atoms. The van der Waals surface area contributed by atoms with Gasteiger partial charge in [-0.2, -0.15) is 0 Å². The van der Waals surface area contributed by atoms with Gasteiger partial charge in [-0.15, -0.1) is 0 Å². The van der Waals surface area contributed by atoms with Crippen molar-refractivity contribution in [3.63, 3.8) is 0 Å². The minimum absolute atomic E-state index is 0.602. The molecule has 52 valence electrons. The molecule has 0 unspecified atom stereocenters. The fourth-order valence-electron chi connectivity index (χ4n) is 0.595. The van der Waals surface area contributed by atoms with Gasteiger partial charge in [0.25, 0.3) is 0 Å². The third-order valence-corrected chi connectivity index (χ3v) is 0.982. The summed E-state index contributed by atoms with van der Waals surface area (Å²) in [7, 11) is 0. The number of carbonyl (C=O) groups excluding carboxylic acids is 1. The van der Waals surface area contributed by atoms with Crippen molar-refractivity contribution in [1.82, 2.24) is 4.98 Å². The number of hydrogen-bond donors (Lipinski definition) is 0. The lowest BCUT2D eigenvalue weighted by Gasteiger charge is -1.73. The second-order valence-corrected chi connectivity index (χ2v) is 1.79. The van der Waals surface area contributed by atoms with Crippen LogP contribution in [0.3, 0.4) is 0 Å². The molecule has 0 saturated heterocycles. The molecule has 1 heterocycles. The van der Waals surface area contributed by atoms with E-state index in [0.29, 0.717) is 17.9 Å². The summed E-state index contributed by atoms with van der Waals surface area (Å²) in [5, 5.41) is 0. The lowest BCUT2D eigenvalue weighted by atomic mass is 10.4. The van der Waals surface area contributed by atoms with Crippen molar-refractivity contribution in [2.24, 2.45) is 0 Å². The first-order valence-corrected chi connectivity index (χ1v) is 2.87. The molecule has 0 aliphatic heterocycles. The Hall–Kier alpha value is -1.38. The molecule has 3 nitrogen and oxygen atoms in total. The third kappa shape index (κ3) is 1.55. The van der Waals surface area contributed by atoms with Crippen LogP contribution >= 0.6 is 0 Å². The fourth-order valence-corrected chi connectivity index (χ4v) is 0.595. The normalized spacial score (nSPS) is 10.5. The average molecular weight is 137 g/mol. The molecule has 0 fully saturated rings. The zero-order valence-corrected chi connectivity index (χ0v) is 5.57. The van der Waals surface area contributed by atoms with Gasteiger partial charge in [-0.25, -0.2) is 4.98 Å². The monoisotopic (exact) mass is 137 g/mol. The molecule has 3 heteroatoms. The van der Waals surface area contributed by atoms with Crippen LogP contribution < -0.4 is 0 Å². The lowest BCUT2D eigenvalue weighted by molar-refractivity contribution is -0.104. The minimum Gasteiger partial charge on any atom is -0.449 e.